The molecule has 0 radical (unpaired) electrons. The molecule has 1 atom stereocenters. The van der Waals surface area contributed by atoms with Gasteiger partial charge in [0.25, 0.3) is 0 Å². The number of benzene rings is 2. The van der Waals surface area contributed by atoms with E-state index in [1.165, 1.54) is 0 Å². The van der Waals surface area contributed by atoms with Gasteiger partial charge in [0.05, 0.1) is 7.11 Å². The molecule has 0 aliphatic rings. The number of anilines is 1. The Balaban J connectivity index is 2.56. The van der Waals surface area contributed by atoms with Crippen molar-refractivity contribution in [3.8, 4) is 5.75 Å². The van der Waals surface area contributed by atoms with Crippen LogP contribution >= 0.6 is 0 Å². The van der Waals surface area contributed by atoms with Crippen molar-refractivity contribution < 1.29 is 14.6 Å². The fourth-order valence-corrected chi connectivity index (χ4v) is 2.89. The van der Waals surface area contributed by atoms with Crippen LogP contribution in [-0.4, -0.2) is 32.3 Å². The second-order valence-electron chi connectivity index (χ2n) is 5.73. The van der Waals surface area contributed by atoms with Crippen LogP contribution in [0.25, 0.3) is 0 Å². The highest BCUT2D eigenvalue weighted by Crippen LogP contribution is 2.37. The van der Waals surface area contributed by atoms with E-state index in [1.54, 1.807) is 19.2 Å². The highest BCUT2D eigenvalue weighted by atomic mass is 16.5. The molecule has 4 heteroatoms. The Hall–Kier alpha value is -2.49. The average Bonchev–Trinajstić information content (AvgIpc) is 2.57. The molecule has 2 rings (SSSR count). The van der Waals surface area contributed by atoms with Crippen molar-refractivity contribution in [1.29, 1.82) is 0 Å². The average molecular weight is 313 g/mol. The van der Waals surface area contributed by atoms with Crippen molar-refractivity contribution in [3.05, 3.63) is 59.7 Å². The predicted octanol–water partition coefficient (Wildman–Crippen LogP) is 3.54. The molecular weight excluding hydrogens is 290 g/mol. The first-order valence-electron chi connectivity index (χ1n) is 7.61. The van der Waals surface area contributed by atoms with Crippen molar-refractivity contribution in [1.82, 2.24) is 0 Å². The van der Waals surface area contributed by atoms with Crippen LogP contribution in [0.2, 0.25) is 0 Å². The topological polar surface area (TPSA) is 49.8 Å². The number of ether oxygens (including phenoxy) is 1. The van der Waals surface area contributed by atoms with E-state index < -0.39 is 11.4 Å². The van der Waals surface area contributed by atoms with Crippen molar-refractivity contribution in [3.63, 3.8) is 0 Å². The standard InChI is InChI=1S/C19H23NO3/c1-5-19(18(21)22,15-8-12-17(23-4)13-9-15)14-6-10-16(11-7-14)20(2)3/h6-13H,5H2,1-4H3,(H,21,22). The van der Waals surface area contributed by atoms with Crippen LogP contribution < -0.4 is 9.64 Å². The molecule has 0 aliphatic carbocycles. The van der Waals surface area contributed by atoms with Crippen LogP contribution in [0.3, 0.4) is 0 Å². The first kappa shape index (κ1) is 16.9. The normalized spacial score (nSPS) is 13.2. The Bertz CT molecular complexity index is 662. The maximum absolute atomic E-state index is 12.2. The summed E-state index contributed by atoms with van der Waals surface area (Å²) in [6.45, 7) is 1.90. The van der Waals surface area contributed by atoms with E-state index in [-0.39, 0.29) is 0 Å². The lowest BCUT2D eigenvalue weighted by Gasteiger charge is -2.30. The van der Waals surface area contributed by atoms with Gasteiger partial charge in [-0.25, -0.2) is 0 Å². The second kappa shape index (κ2) is 6.73. The zero-order valence-electron chi connectivity index (χ0n) is 14.0. The third-order valence-electron chi connectivity index (χ3n) is 4.35. The van der Waals surface area contributed by atoms with Gasteiger partial charge in [0, 0.05) is 19.8 Å². The molecule has 2 aromatic carbocycles. The summed E-state index contributed by atoms with van der Waals surface area (Å²) in [4.78, 5) is 14.2. The Labute approximate surface area is 137 Å². The molecule has 2 aromatic rings. The van der Waals surface area contributed by atoms with Crippen LogP contribution in [0, 0.1) is 0 Å². The molecule has 1 unspecified atom stereocenters. The van der Waals surface area contributed by atoms with Gasteiger partial charge in [0.15, 0.2) is 0 Å². The summed E-state index contributed by atoms with van der Waals surface area (Å²) >= 11 is 0. The summed E-state index contributed by atoms with van der Waals surface area (Å²) in [5.74, 6) is -0.130. The Morgan fingerprint density at radius 1 is 1.04 bits per heavy atom. The van der Waals surface area contributed by atoms with Crippen molar-refractivity contribution >= 4 is 11.7 Å². The third kappa shape index (κ3) is 3.02. The van der Waals surface area contributed by atoms with Gasteiger partial charge in [-0.2, -0.15) is 0 Å². The quantitative estimate of drug-likeness (QED) is 0.886. The third-order valence-corrected chi connectivity index (χ3v) is 4.35. The minimum atomic E-state index is -1.06. The highest BCUT2D eigenvalue weighted by molar-refractivity contribution is 5.86. The van der Waals surface area contributed by atoms with Gasteiger partial charge < -0.3 is 14.7 Å². The number of methoxy groups -OCH3 is 1. The maximum atomic E-state index is 12.2. The van der Waals surface area contributed by atoms with Crippen molar-refractivity contribution in [2.24, 2.45) is 0 Å². The van der Waals surface area contributed by atoms with Gasteiger partial charge in [-0.3, -0.25) is 4.79 Å². The molecule has 0 amide bonds. The molecule has 0 saturated carbocycles. The van der Waals surface area contributed by atoms with E-state index in [4.69, 9.17) is 4.74 Å². The lowest BCUT2D eigenvalue weighted by Crippen LogP contribution is -2.36. The fraction of sp³-hybridized carbons (Fsp3) is 0.316. The largest absolute Gasteiger partial charge is 0.497 e. The van der Waals surface area contributed by atoms with Gasteiger partial charge in [-0.05, 0) is 41.8 Å². The monoisotopic (exact) mass is 313 g/mol. The number of nitrogens with zero attached hydrogens (tertiary/aromatic N) is 1. The predicted molar refractivity (Wildman–Crippen MR) is 92.5 cm³/mol. The van der Waals surface area contributed by atoms with Crippen LogP contribution in [0.1, 0.15) is 24.5 Å². The number of hydrogen-bond acceptors (Lipinski definition) is 3. The minimum Gasteiger partial charge on any atom is -0.497 e. The van der Waals surface area contributed by atoms with Crippen molar-refractivity contribution in [2.45, 2.75) is 18.8 Å². The molecule has 0 bridgehead atoms. The van der Waals surface area contributed by atoms with E-state index in [0.717, 1.165) is 16.8 Å². The highest BCUT2D eigenvalue weighted by Gasteiger charge is 2.40. The molecule has 1 N–H and O–H groups in total. The molecule has 0 spiro atoms. The van der Waals surface area contributed by atoms with Crippen molar-refractivity contribution in [2.75, 3.05) is 26.1 Å². The van der Waals surface area contributed by atoms with E-state index in [9.17, 15) is 9.90 Å². The number of aliphatic carboxylic acids is 1. The smallest absolute Gasteiger partial charge is 0.318 e. The second-order valence-corrected chi connectivity index (χ2v) is 5.73. The molecule has 122 valence electrons. The number of carboxylic acid groups (broad SMARTS) is 1. The first-order valence-corrected chi connectivity index (χ1v) is 7.61. The van der Waals surface area contributed by atoms with E-state index >= 15 is 0 Å². The molecular formula is C19H23NO3. The van der Waals surface area contributed by atoms with Crippen LogP contribution in [-0.2, 0) is 10.2 Å². The summed E-state index contributed by atoms with van der Waals surface area (Å²) in [6.07, 6.45) is 0.468. The van der Waals surface area contributed by atoms with E-state index in [2.05, 4.69) is 0 Å². The molecule has 23 heavy (non-hydrogen) atoms. The Kier molecular flexibility index (Phi) is 4.94. The van der Waals surface area contributed by atoms with Gasteiger partial charge in [-0.1, -0.05) is 31.2 Å². The fourth-order valence-electron chi connectivity index (χ4n) is 2.89. The Morgan fingerprint density at radius 3 is 1.87 bits per heavy atom. The number of carbonyl (C=O) groups is 1. The van der Waals surface area contributed by atoms with E-state index in [1.807, 2.05) is 62.3 Å². The van der Waals surface area contributed by atoms with Gasteiger partial charge in [0.2, 0.25) is 0 Å². The maximum Gasteiger partial charge on any atom is 0.318 e. The zero-order chi connectivity index (χ0) is 17.0. The number of rotatable bonds is 6. The van der Waals surface area contributed by atoms with Crippen LogP contribution in [0.15, 0.2) is 48.5 Å². The zero-order valence-corrected chi connectivity index (χ0v) is 14.0. The molecule has 0 aliphatic heterocycles. The molecule has 4 nitrogen and oxygen atoms in total. The molecule has 0 saturated heterocycles. The molecule has 0 heterocycles. The van der Waals surface area contributed by atoms with Crippen LogP contribution in [0.4, 0.5) is 5.69 Å². The van der Waals surface area contributed by atoms with Gasteiger partial charge in [0.1, 0.15) is 11.2 Å². The summed E-state index contributed by atoms with van der Waals surface area (Å²) in [7, 11) is 5.52. The summed E-state index contributed by atoms with van der Waals surface area (Å²) in [6, 6.07) is 15.0. The van der Waals surface area contributed by atoms with Gasteiger partial charge >= 0.3 is 5.97 Å². The van der Waals surface area contributed by atoms with Gasteiger partial charge in [-0.15, -0.1) is 0 Å². The number of carboxylic acids is 1. The Morgan fingerprint density at radius 2 is 1.52 bits per heavy atom. The van der Waals surface area contributed by atoms with E-state index in [0.29, 0.717) is 12.2 Å². The lowest BCUT2D eigenvalue weighted by molar-refractivity contribution is -0.142. The van der Waals surface area contributed by atoms with Crippen LogP contribution in [0.5, 0.6) is 5.75 Å². The lowest BCUT2D eigenvalue weighted by atomic mass is 9.72. The number of hydrogen-bond donors (Lipinski definition) is 1. The first-order chi connectivity index (χ1) is 11.0. The minimum absolute atomic E-state index is 0.468. The summed E-state index contributed by atoms with van der Waals surface area (Å²) < 4.78 is 5.17. The molecule has 0 fully saturated rings. The molecule has 0 aromatic heterocycles. The SMILES string of the molecule is CCC(C(=O)O)(c1ccc(OC)cc1)c1ccc(N(C)C)cc1. The summed E-state index contributed by atoms with van der Waals surface area (Å²) in [5, 5.41) is 9.99. The summed E-state index contributed by atoms with van der Waals surface area (Å²) in [5.41, 5.74) is 1.52.